The first-order chi connectivity index (χ1) is 9.58. The van der Waals surface area contributed by atoms with Crippen molar-refractivity contribution in [2.24, 2.45) is 0 Å². The predicted molar refractivity (Wildman–Crippen MR) is 79.3 cm³/mol. The highest BCUT2D eigenvalue weighted by atomic mass is 16.3. The van der Waals surface area contributed by atoms with Crippen LogP contribution in [0.15, 0.2) is 30.3 Å². The monoisotopic (exact) mass is 276 g/mol. The van der Waals surface area contributed by atoms with Crippen LogP contribution in [0.1, 0.15) is 30.9 Å². The zero-order valence-corrected chi connectivity index (χ0v) is 12.3. The Labute approximate surface area is 121 Å². The summed E-state index contributed by atoms with van der Waals surface area (Å²) in [5.74, 6) is 0.131. The highest BCUT2D eigenvalue weighted by molar-refractivity contribution is 5.77. The predicted octanol–water partition coefficient (Wildman–Crippen LogP) is 1.66. The highest BCUT2D eigenvalue weighted by Crippen LogP contribution is 2.27. The lowest BCUT2D eigenvalue weighted by Crippen LogP contribution is -2.39. The molecule has 0 spiro atoms. The van der Waals surface area contributed by atoms with Gasteiger partial charge in [0.15, 0.2) is 0 Å². The second kappa shape index (κ2) is 6.86. The van der Waals surface area contributed by atoms with Crippen molar-refractivity contribution in [2.75, 3.05) is 27.2 Å². The average Bonchev–Trinajstić information content (AvgIpc) is 2.86. The van der Waals surface area contributed by atoms with E-state index < -0.39 is 6.10 Å². The summed E-state index contributed by atoms with van der Waals surface area (Å²) in [4.78, 5) is 15.7. The van der Waals surface area contributed by atoms with Crippen molar-refractivity contribution in [3.63, 3.8) is 0 Å². The van der Waals surface area contributed by atoms with Gasteiger partial charge in [0.1, 0.15) is 0 Å². The summed E-state index contributed by atoms with van der Waals surface area (Å²) in [5.41, 5.74) is 0.957. The number of carbonyl (C=O) groups excluding carboxylic acids is 1. The van der Waals surface area contributed by atoms with Gasteiger partial charge in [0.05, 0.1) is 12.6 Å². The van der Waals surface area contributed by atoms with Crippen LogP contribution in [-0.4, -0.2) is 54.0 Å². The van der Waals surface area contributed by atoms with Crippen molar-refractivity contribution in [3.05, 3.63) is 35.9 Å². The minimum atomic E-state index is -0.448. The van der Waals surface area contributed by atoms with E-state index in [1.165, 1.54) is 0 Å². The third-order valence-electron chi connectivity index (χ3n) is 4.02. The van der Waals surface area contributed by atoms with Crippen molar-refractivity contribution < 1.29 is 9.90 Å². The molecule has 1 fully saturated rings. The van der Waals surface area contributed by atoms with Crippen LogP contribution < -0.4 is 0 Å². The van der Waals surface area contributed by atoms with E-state index >= 15 is 0 Å². The van der Waals surface area contributed by atoms with Crippen LogP contribution in [0.2, 0.25) is 0 Å². The molecular formula is C16H24N2O2. The molecule has 1 aromatic rings. The molecule has 2 rings (SSSR count). The molecule has 2 unspecified atom stereocenters. The lowest BCUT2D eigenvalue weighted by molar-refractivity contribution is -0.130. The first-order valence-electron chi connectivity index (χ1n) is 7.25. The standard InChI is InChI=1S/C16H24N2O2/c1-17(2)16(20)12-18-10-6-9-14(18)11-15(19)13-7-4-3-5-8-13/h3-5,7-8,14-15,19H,6,9-12H2,1-2H3. The van der Waals surface area contributed by atoms with Gasteiger partial charge >= 0.3 is 0 Å². The molecule has 1 aliphatic rings. The molecule has 0 bridgehead atoms. The molecule has 0 radical (unpaired) electrons. The molecule has 1 aliphatic heterocycles. The maximum Gasteiger partial charge on any atom is 0.236 e. The van der Waals surface area contributed by atoms with E-state index in [2.05, 4.69) is 4.90 Å². The number of rotatable bonds is 5. The number of aliphatic hydroxyl groups is 1. The van der Waals surface area contributed by atoms with Gasteiger partial charge in [0.2, 0.25) is 5.91 Å². The van der Waals surface area contributed by atoms with E-state index in [1.807, 2.05) is 30.3 Å². The third-order valence-corrected chi connectivity index (χ3v) is 4.02. The minimum Gasteiger partial charge on any atom is -0.388 e. The maximum atomic E-state index is 11.8. The largest absolute Gasteiger partial charge is 0.388 e. The van der Waals surface area contributed by atoms with Gasteiger partial charge in [-0.15, -0.1) is 0 Å². The number of amides is 1. The van der Waals surface area contributed by atoms with E-state index in [1.54, 1.807) is 19.0 Å². The molecular weight excluding hydrogens is 252 g/mol. The zero-order chi connectivity index (χ0) is 14.5. The van der Waals surface area contributed by atoms with Crippen molar-refractivity contribution >= 4 is 5.91 Å². The second-order valence-electron chi connectivity index (χ2n) is 5.72. The Bertz CT molecular complexity index is 433. The average molecular weight is 276 g/mol. The lowest BCUT2D eigenvalue weighted by atomic mass is 10.0. The van der Waals surface area contributed by atoms with Crippen LogP contribution in [0.5, 0.6) is 0 Å². The summed E-state index contributed by atoms with van der Waals surface area (Å²) in [5, 5.41) is 10.3. The van der Waals surface area contributed by atoms with Gasteiger partial charge in [-0.1, -0.05) is 30.3 Å². The van der Waals surface area contributed by atoms with Crippen molar-refractivity contribution in [1.29, 1.82) is 0 Å². The van der Waals surface area contributed by atoms with E-state index in [4.69, 9.17) is 0 Å². The van der Waals surface area contributed by atoms with Crippen molar-refractivity contribution in [2.45, 2.75) is 31.4 Å². The fourth-order valence-corrected chi connectivity index (χ4v) is 2.75. The lowest BCUT2D eigenvalue weighted by Gasteiger charge is -2.27. The van der Waals surface area contributed by atoms with Gasteiger partial charge in [0.25, 0.3) is 0 Å². The van der Waals surface area contributed by atoms with Crippen LogP contribution in [0, 0.1) is 0 Å². The molecule has 0 aliphatic carbocycles. The van der Waals surface area contributed by atoms with Gasteiger partial charge in [-0.2, -0.15) is 0 Å². The van der Waals surface area contributed by atoms with Crippen LogP contribution in [0.4, 0.5) is 0 Å². The summed E-state index contributed by atoms with van der Waals surface area (Å²) < 4.78 is 0. The smallest absolute Gasteiger partial charge is 0.236 e. The Morgan fingerprint density at radius 1 is 1.40 bits per heavy atom. The fourth-order valence-electron chi connectivity index (χ4n) is 2.75. The Balaban J connectivity index is 1.92. The SMILES string of the molecule is CN(C)C(=O)CN1CCCC1CC(O)c1ccccc1. The first kappa shape index (κ1) is 15.0. The molecule has 110 valence electrons. The van der Waals surface area contributed by atoms with E-state index in [0.717, 1.165) is 24.9 Å². The Hall–Kier alpha value is -1.39. The van der Waals surface area contributed by atoms with Crippen molar-refractivity contribution in [3.8, 4) is 0 Å². The second-order valence-corrected chi connectivity index (χ2v) is 5.72. The zero-order valence-electron chi connectivity index (χ0n) is 12.3. The summed E-state index contributed by atoms with van der Waals surface area (Å²) in [7, 11) is 3.57. The fraction of sp³-hybridized carbons (Fsp3) is 0.562. The number of benzene rings is 1. The number of hydrogen-bond donors (Lipinski definition) is 1. The molecule has 1 heterocycles. The quantitative estimate of drug-likeness (QED) is 0.889. The molecule has 1 N–H and O–H groups in total. The molecule has 1 amide bonds. The summed E-state index contributed by atoms with van der Waals surface area (Å²) >= 11 is 0. The topological polar surface area (TPSA) is 43.8 Å². The first-order valence-corrected chi connectivity index (χ1v) is 7.25. The molecule has 20 heavy (non-hydrogen) atoms. The molecule has 1 saturated heterocycles. The molecule has 2 atom stereocenters. The highest BCUT2D eigenvalue weighted by Gasteiger charge is 2.28. The molecule has 4 heteroatoms. The molecule has 0 aromatic heterocycles. The van der Waals surface area contributed by atoms with Crippen LogP contribution in [0.25, 0.3) is 0 Å². The van der Waals surface area contributed by atoms with Gasteiger partial charge in [0, 0.05) is 20.1 Å². The van der Waals surface area contributed by atoms with E-state index in [9.17, 15) is 9.90 Å². The molecule has 0 saturated carbocycles. The van der Waals surface area contributed by atoms with E-state index in [-0.39, 0.29) is 5.91 Å². The third kappa shape index (κ3) is 3.81. The Kier molecular flexibility index (Phi) is 5.15. The molecule has 4 nitrogen and oxygen atoms in total. The number of aliphatic hydroxyl groups excluding tert-OH is 1. The number of carbonyl (C=O) groups is 1. The van der Waals surface area contributed by atoms with Crippen LogP contribution >= 0.6 is 0 Å². The Morgan fingerprint density at radius 2 is 2.10 bits per heavy atom. The van der Waals surface area contributed by atoms with Gasteiger partial charge in [-0.3, -0.25) is 9.69 Å². The van der Waals surface area contributed by atoms with Crippen LogP contribution in [0.3, 0.4) is 0 Å². The summed E-state index contributed by atoms with van der Waals surface area (Å²) in [6.07, 6.45) is 2.42. The van der Waals surface area contributed by atoms with Crippen molar-refractivity contribution in [1.82, 2.24) is 9.80 Å². The molecule has 1 aromatic carbocycles. The maximum absolute atomic E-state index is 11.8. The van der Waals surface area contributed by atoms with E-state index in [0.29, 0.717) is 19.0 Å². The number of nitrogens with zero attached hydrogens (tertiary/aromatic N) is 2. The van der Waals surface area contributed by atoms with Gasteiger partial charge in [-0.05, 0) is 31.4 Å². The number of hydrogen-bond acceptors (Lipinski definition) is 3. The number of likely N-dealkylation sites (tertiary alicyclic amines) is 1. The normalized spacial score (nSPS) is 20.9. The van der Waals surface area contributed by atoms with Gasteiger partial charge < -0.3 is 10.0 Å². The summed E-state index contributed by atoms with van der Waals surface area (Å²) in [6, 6.07) is 10.0. The number of likely N-dealkylation sites (N-methyl/N-ethyl adjacent to an activating group) is 1. The van der Waals surface area contributed by atoms with Crippen LogP contribution in [-0.2, 0) is 4.79 Å². The minimum absolute atomic E-state index is 0.131. The Morgan fingerprint density at radius 3 is 2.75 bits per heavy atom. The van der Waals surface area contributed by atoms with Gasteiger partial charge in [-0.25, -0.2) is 0 Å². The summed E-state index contributed by atoms with van der Waals surface area (Å²) in [6.45, 7) is 1.41.